The van der Waals surface area contributed by atoms with Crippen molar-refractivity contribution in [2.75, 3.05) is 11.9 Å². The molecule has 124 valence electrons. The lowest BCUT2D eigenvalue weighted by atomic mass is 10.1. The normalized spacial score (nSPS) is 10.5. The van der Waals surface area contributed by atoms with E-state index in [1.807, 2.05) is 12.1 Å². The van der Waals surface area contributed by atoms with Gasteiger partial charge in [-0.05, 0) is 48.7 Å². The Morgan fingerprint density at radius 3 is 2.35 bits per heavy atom. The maximum absolute atomic E-state index is 5.80. The van der Waals surface area contributed by atoms with Gasteiger partial charge in [0.2, 0.25) is 0 Å². The number of nitrogens with one attached hydrogen (secondary N) is 1. The molecule has 2 nitrogen and oxygen atoms in total. The van der Waals surface area contributed by atoms with Gasteiger partial charge in [-0.2, -0.15) is 0 Å². The highest BCUT2D eigenvalue weighted by Gasteiger charge is 1.99. The van der Waals surface area contributed by atoms with Crippen molar-refractivity contribution >= 4 is 5.69 Å². The Labute approximate surface area is 140 Å². The van der Waals surface area contributed by atoms with Crippen LogP contribution in [0.4, 0.5) is 5.69 Å². The molecule has 2 aromatic carbocycles. The van der Waals surface area contributed by atoms with Crippen LogP contribution in [0.1, 0.15) is 50.2 Å². The van der Waals surface area contributed by atoms with Crippen molar-refractivity contribution < 1.29 is 4.74 Å². The second-order valence-corrected chi connectivity index (χ2v) is 6.07. The minimum atomic E-state index is 0.819. The van der Waals surface area contributed by atoms with E-state index in [-0.39, 0.29) is 0 Å². The maximum atomic E-state index is 5.80. The Morgan fingerprint density at radius 2 is 1.61 bits per heavy atom. The van der Waals surface area contributed by atoms with Crippen LogP contribution >= 0.6 is 0 Å². The van der Waals surface area contributed by atoms with Gasteiger partial charge in [-0.15, -0.1) is 0 Å². The molecule has 2 aromatic rings. The summed E-state index contributed by atoms with van der Waals surface area (Å²) in [5.41, 5.74) is 3.78. The van der Waals surface area contributed by atoms with Crippen molar-refractivity contribution in [2.45, 2.75) is 52.5 Å². The zero-order valence-electron chi connectivity index (χ0n) is 14.5. The summed E-state index contributed by atoms with van der Waals surface area (Å²) in [5, 5.41) is 3.46. The Hall–Kier alpha value is -1.96. The van der Waals surface area contributed by atoms with E-state index in [9.17, 15) is 0 Å². The van der Waals surface area contributed by atoms with Crippen LogP contribution < -0.4 is 10.1 Å². The van der Waals surface area contributed by atoms with E-state index < -0.39 is 0 Å². The standard InChI is InChI=1S/C21H29NO/c1-3-4-5-6-9-16-23-21-14-12-20(13-15-21)22-17-19-11-8-7-10-18(19)2/h7-8,10-15,22H,3-6,9,16-17H2,1-2H3. The first kappa shape index (κ1) is 17.4. The maximum Gasteiger partial charge on any atom is 0.119 e. The first-order valence-electron chi connectivity index (χ1n) is 8.81. The Morgan fingerprint density at radius 1 is 0.870 bits per heavy atom. The summed E-state index contributed by atoms with van der Waals surface area (Å²) in [7, 11) is 0. The van der Waals surface area contributed by atoms with E-state index in [2.05, 4.69) is 55.6 Å². The summed E-state index contributed by atoms with van der Waals surface area (Å²) in [6.45, 7) is 6.06. The van der Waals surface area contributed by atoms with Gasteiger partial charge in [-0.1, -0.05) is 56.9 Å². The molecule has 23 heavy (non-hydrogen) atoms. The number of unbranched alkanes of at least 4 members (excludes halogenated alkanes) is 4. The predicted molar refractivity (Wildman–Crippen MR) is 99.2 cm³/mol. The molecule has 2 heteroatoms. The number of rotatable bonds is 10. The van der Waals surface area contributed by atoms with Gasteiger partial charge in [0, 0.05) is 12.2 Å². The summed E-state index contributed by atoms with van der Waals surface area (Å²) in [6.07, 6.45) is 6.36. The van der Waals surface area contributed by atoms with E-state index in [4.69, 9.17) is 4.74 Å². The van der Waals surface area contributed by atoms with E-state index >= 15 is 0 Å². The van der Waals surface area contributed by atoms with Crippen molar-refractivity contribution in [3.8, 4) is 5.75 Å². The summed E-state index contributed by atoms with van der Waals surface area (Å²) < 4.78 is 5.80. The molecule has 0 radical (unpaired) electrons. The highest BCUT2D eigenvalue weighted by Crippen LogP contribution is 2.17. The number of anilines is 1. The molecule has 0 heterocycles. The van der Waals surface area contributed by atoms with E-state index in [0.717, 1.165) is 31.0 Å². The summed E-state index contributed by atoms with van der Waals surface area (Å²) in [5.74, 6) is 0.960. The van der Waals surface area contributed by atoms with Crippen LogP contribution in [-0.2, 0) is 6.54 Å². The molecule has 0 amide bonds. The third-order valence-corrected chi connectivity index (χ3v) is 4.12. The van der Waals surface area contributed by atoms with Gasteiger partial charge >= 0.3 is 0 Å². The second kappa shape index (κ2) is 9.94. The topological polar surface area (TPSA) is 21.3 Å². The van der Waals surface area contributed by atoms with Gasteiger partial charge in [-0.25, -0.2) is 0 Å². The molecule has 0 aromatic heterocycles. The smallest absolute Gasteiger partial charge is 0.119 e. The highest BCUT2D eigenvalue weighted by atomic mass is 16.5. The van der Waals surface area contributed by atoms with Gasteiger partial charge in [0.25, 0.3) is 0 Å². The fraction of sp³-hybridized carbons (Fsp3) is 0.429. The SMILES string of the molecule is CCCCCCCOc1ccc(NCc2ccccc2C)cc1. The van der Waals surface area contributed by atoms with Crippen molar-refractivity contribution in [2.24, 2.45) is 0 Å². The lowest BCUT2D eigenvalue weighted by Gasteiger charge is -2.10. The molecule has 0 unspecified atom stereocenters. The van der Waals surface area contributed by atoms with Gasteiger partial charge < -0.3 is 10.1 Å². The Balaban J connectivity index is 1.71. The molecular formula is C21H29NO. The number of benzene rings is 2. The molecule has 1 N–H and O–H groups in total. The molecule has 0 aliphatic rings. The second-order valence-electron chi connectivity index (χ2n) is 6.07. The highest BCUT2D eigenvalue weighted by molar-refractivity contribution is 5.47. The zero-order valence-corrected chi connectivity index (χ0v) is 14.5. The van der Waals surface area contributed by atoms with Gasteiger partial charge in [0.1, 0.15) is 5.75 Å². The molecule has 2 rings (SSSR count). The van der Waals surface area contributed by atoms with Crippen molar-refractivity contribution in [1.29, 1.82) is 0 Å². The third-order valence-electron chi connectivity index (χ3n) is 4.12. The molecule has 0 saturated heterocycles. The van der Waals surface area contributed by atoms with Crippen LogP contribution in [0.15, 0.2) is 48.5 Å². The van der Waals surface area contributed by atoms with Crippen LogP contribution in [-0.4, -0.2) is 6.61 Å². The predicted octanol–water partition coefficient (Wildman–Crippen LogP) is 5.96. The molecular weight excluding hydrogens is 282 g/mol. The summed E-state index contributed by atoms with van der Waals surface area (Å²) in [6, 6.07) is 16.7. The first-order valence-corrected chi connectivity index (χ1v) is 8.81. The minimum Gasteiger partial charge on any atom is -0.494 e. The van der Waals surface area contributed by atoms with Crippen molar-refractivity contribution in [3.05, 3.63) is 59.7 Å². The van der Waals surface area contributed by atoms with Crippen molar-refractivity contribution in [3.63, 3.8) is 0 Å². The van der Waals surface area contributed by atoms with Crippen LogP contribution in [0.3, 0.4) is 0 Å². The van der Waals surface area contributed by atoms with E-state index in [1.165, 1.54) is 36.8 Å². The van der Waals surface area contributed by atoms with Crippen LogP contribution in [0.5, 0.6) is 5.75 Å². The number of hydrogen-bond acceptors (Lipinski definition) is 2. The molecule has 0 aliphatic carbocycles. The number of hydrogen-bond donors (Lipinski definition) is 1. The first-order chi connectivity index (χ1) is 11.3. The fourth-order valence-corrected chi connectivity index (χ4v) is 2.57. The zero-order chi connectivity index (χ0) is 16.3. The number of aryl methyl sites for hydroxylation is 1. The molecule has 0 spiro atoms. The summed E-state index contributed by atoms with van der Waals surface area (Å²) in [4.78, 5) is 0. The van der Waals surface area contributed by atoms with Gasteiger partial charge in [0.05, 0.1) is 6.61 Å². The Bertz CT molecular complexity index is 562. The van der Waals surface area contributed by atoms with Gasteiger partial charge in [0.15, 0.2) is 0 Å². The van der Waals surface area contributed by atoms with Crippen molar-refractivity contribution in [1.82, 2.24) is 0 Å². The van der Waals surface area contributed by atoms with Crippen LogP contribution in [0, 0.1) is 6.92 Å². The minimum absolute atomic E-state index is 0.819. The van der Waals surface area contributed by atoms with E-state index in [1.54, 1.807) is 0 Å². The van der Waals surface area contributed by atoms with Crippen LogP contribution in [0.2, 0.25) is 0 Å². The van der Waals surface area contributed by atoms with E-state index in [0.29, 0.717) is 0 Å². The Kier molecular flexibility index (Phi) is 7.51. The molecule has 0 atom stereocenters. The molecule has 0 bridgehead atoms. The number of ether oxygens (including phenoxy) is 1. The fourth-order valence-electron chi connectivity index (χ4n) is 2.57. The third kappa shape index (κ3) is 6.35. The van der Waals surface area contributed by atoms with Crippen LogP contribution in [0.25, 0.3) is 0 Å². The average Bonchev–Trinajstić information content (AvgIpc) is 2.58. The summed E-state index contributed by atoms with van der Waals surface area (Å²) >= 11 is 0. The quantitative estimate of drug-likeness (QED) is 0.547. The lowest BCUT2D eigenvalue weighted by Crippen LogP contribution is -2.01. The lowest BCUT2D eigenvalue weighted by molar-refractivity contribution is 0.304. The largest absolute Gasteiger partial charge is 0.494 e. The molecule has 0 fully saturated rings. The average molecular weight is 311 g/mol. The monoisotopic (exact) mass is 311 g/mol. The molecule has 0 saturated carbocycles. The molecule has 0 aliphatic heterocycles. The van der Waals surface area contributed by atoms with Gasteiger partial charge in [-0.3, -0.25) is 0 Å².